The van der Waals surface area contributed by atoms with Crippen LogP contribution in [0.25, 0.3) is 33.6 Å². The fraction of sp³-hybridized carbons (Fsp3) is 0.423. The standard InChI is InChI=1S/C26H30N6O3/c1-5-31-19(11-14-7-9-21(35-4)29-24(14)31)25-28-17-10-16(12-20(34-3)23(17)30(25)2)26(33)32-13-15-6-8-18(32)22(15)27/h7,9-12,15,18,22H,5-6,8,13,27H2,1-4H3/t15-,18-,22-/m0/s1. The molecule has 4 aromatic rings. The summed E-state index contributed by atoms with van der Waals surface area (Å²) in [7, 11) is 5.22. The lowest BCUT2D eigenvalue weighted by molar-refractivity contribution is 0.0700. The van der Waals surface area contributed by atoms with Gasteiger partial charge in [0.15, 0.2) is 5.82 Å². The lowest BCUT2D eigenvalue weighted by Gasteiger charge is -2.27. The van der Waals surface area contributed by atoms with Gasteiger partial charge in [-0.15, -0.1) is 0 Å². The summed E-state index contributed by atoms with van der Waals surface area (Å²) >= 11 is 0. The molecule has 0 radical (unpaired) electrons. The van der Waals surface area contributed by atoms with Crippen molar-refractivity contribution >= 4 is 28.0 Å². The van der Waals surface area contributed by atoms with Crippen LogP contribution in [0.15, 0.2) is 30.3 Å². The molecule has 2 bridgehead atoms. The minimum atomic E-state index is -0.000908. The lowest BCUT2D eigenvalue weighted by atomic mass is 10.1. The molecule has 3 aromatic heterocycles. The quantitative estimate of drug-likeness (QED) is 0.477. The number of nitrogens with two attached hydrogens (primary N) is 1. The van der Waals surface area contributed by atoms with Gasteiger partial charge < -0.3 is 29.2 Å². The molecule has 2 N–H and O–H groups in total. The van der Waals surface area contributed by atoms with Crippen LogP contribution in [0.5, 0.6) is 11.6 Å². The number of ether oxygens (including phenoxy) is 2. The van der Waals surface area contributed by atoms with Crippen LogP contribution < -0.4 is 15.2 Å². The number of imidazole rings is 1. The molecule has 182 valence electrons. The molecule has 1 saturated heterocycles. The minimum Gasteiger partial charge on any atom is -0.494 e. The van der Waals surface area contributed by atoms with Crippen molar-refractivity contribution in [3.05, 3.63) is 35.9 Å². The number of benzene rings is 1. The van der Waals surface area contributed by atoms with Crippen molar-refractivity contribution in [1.82, 2.24) is 24.0 Å². The van der Waals surface area contributed by atoms with E-state index < -0.39 is 0 Å². The highest BCUT2D eigenvalue weighted by atomic mass is 16.5. The Hall–Kier alpha value is -3.59. The van der Waals surface area contributed by atoms with Crippen molar-refractivity contribution in [1.29, 1.82) is 0 Å². The maximum atomic E-state index is 13.5. The lowest BCUT2D eigenvalue weighted by Crippen LogP contribution is -2.41. The number of amides is 1. The van der Waals surface area contributed by atoms with Gasteiger partial charge in [-0.3, -0.25) is 4.79 Å². The van der Waals surface area contributed by atoms with Crippen LogP contribution in [0.4, 0.5) is 0 Å². The van der Waals surface area contributed by atoms with Gasteiger partial charge >= 0.3 is 0 Å². The number of aromatic nitrogens is 4. The van der Waals surface area contributed by atoms with Gasteiger partial charge in [0, 0.05) is 49.2 Å². The van der Waals surface area contributed by atoms with Crippen LogP contribution in [-0.4, -0.2) is 62.8 Å². The molecule has 1 aromatic carbocycles. The smallest absolute Gasteiger partial charge is 0.254 e. The molecule has 0 spiro atoms. The van der Waals surface area contributed by atoms with Gasteiger partial charge in [-0.1, -0.05) is 0 Å². The van der Waals surface area contributed by atoms with Gasteiger partial charge in [-0.2, -0.15) is 4.98 Å². The third-order valence-electron chi connectivity index (χ3n) is 7.79. The topological polar surface area (TPSA) is 100 Å². The summed E-state index contributed by atoms with van der Waals surface area (Å²) in [5.41, 5.74) is 10.3. The van der Waals surface area contributed by atoms with Crippen LogP contribution in [-0.2, 0) is 13.6 Å². The fourth-order valence-electron chi connectivity index (χ4n) is 6.00. The summed E-state index contributed by atoms with van der Waals surface area (Å²) in [6, 6.07) is 9.86. The Balaban J connectivity index is 1.47. The number of pyridine rings is 1. The first kappa shape index (κ1) is 21.9. The van der Waals surface area contributed by atoms with Crippen molar-refractivity contribution in [3.63, 3.8) is 0 Å². The molecule has 4 heterocycles. The second-order valence-corrected chi connectivity index (χ2v) is 9.52. The van der Waals surface area contributed by atoms with E-state index in [-0.39, 0.29) is 18.0 Å². The highest BCUT2D eigenvalue weighted by Crippen LogP contribution is 2.39. The molecule has 9 heteroatoms. The van der Waals surface area contributed by atoms with E-state index in [1.54, 1.807) is 14.2 Å². The predicted octanol–water partition coefficient (Wildman–Crippen LogP) is 3.19. The fourth-order valence-corrected chi connectivity index (χ4v) is 6.00. The Morgan fingerprint density at radius 2 is 1.97 bits per heavy atom. The average molecular weight is 475 g/mol. The first-order chi connectivity index (χ1) is 16.9. The van der Waals surface area contributed by atoms with Crippen molar-refractivity contribution in [2.45, 2.75) is 38.4 Å². The maximum absolute atomic E-state index is 13.5. The third-order valence-corrected chi connectivity index (χ3v) is 7.79. The van der Waals surface area contributed by atoms with Gasteiger partial charge in [-0.25, -0.2) is 4.98 Å². The molecular formula is C26H30N6O3. The van der Waals surface area contributed by atoms with Crippen LogP contribution in [0.3, 0.4) is 0 Å². The van der Waals surface area contributed by atoms with E-state index >= 15 is 0 Å². The number of carbonyl (C=O) groups is 1. The summed E-state index contributed by atoms with van der Waals surface area (Å²) in [5, 5.41) is 1.01. The van der Waals surface area contributed by atoms with Gasteiger partial charge in [-0.05, 0) is 49.9 Å². The van der Waals surface area contributed by atoms with Crippen molar-refractivity contribution < 1.29 is 14.3 Å². The van der Waals surface area contributed by atoms with Crippen molar-refractivity contribution in [2.75, 3.05) is 20.8 Å². The number of rotatable bonds is 5. The number of methoxy groups -OCH3 is 2. The second-order valence-electron chi connectivity index (χ2n) is 9.52. The van der Waals surface area contributed by atoms with E-state index in [9.17, 15) is 4.79 Å². The summed E-state index contributed by atoms with van der Waals surface area (Å²) in [6.07, 6.45) is 2.08. The summed E-state index contributed by atoms with van der Waals surface area (Å²) in [4.78, 5) is 25.1. The van der Waals surface area contributed by atoms with Crippen LogP contribution in [0, 0.1) is 5.92 Å². The number of likely N-dealkylation sites (tertiary alicyclic amines) is 1. The number of carbonyl (C=O) groups excluding carboxylic acids is 1. The van der Waals surface area contributed by atoms with E-state index in [0.29, 0.717) is 23.1 Å². The number of fused-ring (bicyclic) bond motifs is 4. The van der Waals surface area contributed by atoms with Crippen LogP contribution in [0.1, 0.15) is 30.1 Å². The molecule has 0 unspecified atom stereocenters. The van der Waals surface area contributed by atoms with Gasteiger partial charge in [0.25, 0.3) is 5.91 Å². The Morgan fingerprint density at radius 3 is 2.63 bits per heavy atom. The Labute approximate surface area is 203 Å². The third kappa shape index (κ3) is 3.14. The maximum Gasteiger partial charge on any atom is 0.254 e. The molecule has 2 aliphatic rings. The second kappa shape index (κ2) is 7.98. The molecule has 3 atom stereocenters. The minimum absolute atomic E-state index is 0.000908. The van der Waals surface area contributed by atoms with E-state index in [2.05, 4.69) is 22.5 Å². The Bertz CT molecular complexity index is 1470. The van der Waals surface area contributed by atoms with Gasteiger partial charge in [0.05, 0.1) is 25.4 Å². The number of nitrogens with zero attached hydrogens (tertiary/aromatic N) is 5. The highest BCUT2D eigenvalue weighted by molar-refractivity contribution is 6.00. The summed E-state index contributed by atoms with van der Waals surface area (Å²) in [5.74, 6) is 2.38. The molecule has 1 saturated carbocycles. The number of hydrogen-bond acceptors (Lipinski definition) is 6. The zero-order chi connectivity index (χ0) is 24.4. The predicted molar refractivity (Wildman–Crippen MR) is 134 cm³/mol. The number of hydrogen-bond donors (Lipinski definition) is 1. The molecular weight excluding hydrogens is 444 g/mol. The molecule has 1 amide bonds. The Kier molecular flexibility index (Phi) is 5.00. The van der Waals surface area contributed by atoms with Crippen molar-refractivity contribution in [3.8, 4) is 23.1 Å². The highest BCUT2D eigenvalue weighted by Gasteiger charge is 2.47. The first-order valence-corrected chi connectivity index (χ1v) is 12.1. The first-order valence-electron chi connectivity index (χ1n) is 12.1. The number of piperidine rings is 1. The van der Waals surface area contributed by atoms with E-state index in [0.717, 1.165) is 59.5 Å². The molecule has 6 rings (SSSR count). The molecule has 2 fully saturated rings. The Morgan fingerprint density at radius 1 is 1.14 bits per heavy atom. The largest absolute Gasteiger partial charge is 0.494 e. The number of aryl methyl sites for hydroxylation is 2. The normalized spacial score (nSPS) is 21.4. The summed E-state index contributed by atoms with van der Waals surface area (Å²) < 4.78 is 15.2. The van der Waals surface area contributed by atoms with Gasteiger partial charge in [0.1, 0.15) is 16.9 Å². The van der Waals surface area contributed by atoms with Crippen LogP contribution >= 0.6 is 0 Å². The molecule has 9 nitrogen and oxygen atoms in total. The van der Waals surface area contributed by atoms with Crippen molar-refractivity contribution in [2.24, 2.45) is 18.7 Å². The van der Waals surface area contributed by atoms with E-state index in [4.69, 9.17) is 20.2 Å². The average Bonchev–Trinajstić information content (AvgIpc) is 3.61. The molecule has 35 heavy (non-hydrogen) atoms. The molecule has 1 aliphatic carbocycles. The zero-order valence-corrected chi connectivity index (χ0v) is 20.5. The summed E-state index contributed by atoms with van der Waals surface area (Å²) in [6.45, 7) is 3.53. The van der Waals surface area contributed by atoms with E-state index in [1.165, 1.54) is 0 Å². The van der Waals surface area contributed by atoms with E-state index in [1.807, 2.05) is 40.8 Å². The zero-order valence-electron chi connectivity index (χ0n) is 20.5. The van der Waals surface area contributed by atoms with Crippen LogP contribution in [0.2, 0.25) is 0 Å². The SMILES string of the molecule is CCn1c(-c2nc3cc(C(=O)N4C[C@@H]5CC[C@H]4[C@H]5N)cc(OC)c3n2C)cc2ccc(OC)nc21. The molecule has 1 aliphatic heterocycles. The van der Waals surface area contributed by atoms with Gasteiger partial charge in [0.2, 0.25) is 5.88 Å². The monoisotopic (exact) mass is 474 g/mol.